The van der Waals surface area contributed by atoms with Gasteiger partial charge in [-0.1, -0.05) is 12.1 Å². The molecular weight excluding hydrogens is 294 g/mol. The fourth-order valence-corrected chi connectivity index (χ4v) is 4.34. The van der Waals surface area contributed by atoms with Crippen molar-refractivity contribution in [2.24, 2.45) is 0 Å². The van der Waals surface area contributed by atoms with Crippen molar-refractivity contribution in [2.45, 2.75) is 43.7 Å². The van der Waals surface area contributed by atoms with Gasteiger partial charge in [0.15, 0.2) is 4.90 Å². The third-order valence-corrected chi connectivity index (χ3v) is 5.41. The highest BCUT2D eigenvalue weighted by Gasteiger charge is 2.32. The van der Waals surface area contributed by atoms with E-state index in [1.54, 1.807) is 13.0 Å². The summed E-state index contributed by atoms with van der Waals surface area (Å²) in [6.07, 6.45) is 1.58. The molecule has 1 aliphatic rings. The third kappa shape index (κ3) is 3.39. The summed E-state index contributed by atoms with van der Waals surface area (Å²) in [5.74, 6) is 0. The Balaban J connectivity index is 2.38. The Morgan fingerprint density at radius 3 is 2.76 bits per heavy atom. The van der Waals surface area contributed by atoms with Gasteiger partial charge in [-0.2, -0.15) is 0 Å². The molecule has 0 spiro atoms. The number of benzene rings is 1. The molecule has 0 aromatic heterocycles. The lowest BCUT2D eigenvalue weighted by atomic mass is 10.0. The SMILES string of the molecule is Cc1cccc([N+](=O)[O-])c1S(=O)(=O)NC1CCCNC1C. The lowest BCUT2D eigenvalue weighted by molar-refractivity contribution is -0.387. The summed E-state index contributed by atoms with van der Waals surface area (Å²) in [5.41, 5.74) is -0.0213. The predicted molar refractivity (Wildman–Crippen MR) is 78.6 cm³/mol. The molecule has 2 N–H and O–H groups in total. The van der Waals surface area contributed by atoms with E-state index in [2.05, 4.69) is 10.0 Å². The van der Waals surface area contributed by atoms with Gasteiger partial charge in [0.05, 0.1) is 4.92 Å². The van der Waals surface area contributed by atoms with Crippen molar-refractivity contribution in [3.63, 3.8) is 0 Å². The van der Waals surface area contributed by atoms with E-state index in [4.69, 9.17) is 0 Å². The van der Waals surface area contributed by atoms with Crippen LogP contribution in [0.15, 0.2) is 23.1 Å². The minimum absolute atomic E-state index is 0.00315. The lowest BCUT2D eigenvalue weighted by Crippen LogP contribution is -2.51. The summed E-state index contributed by atoms with van der Waals surface area (Å²) in [7, 11) is -3.93. The summed E-state index contributed by atoms with van der Waals surface area (Å²) in [6, 6.07) is 3.99. The summed E-state index contributed by atoms with van der Waals surface area (Å²) in [6.45, 7) is 4.31. The molecule has 2 unspecified atom stereocenters. The fraction of sp³-hybridized carbons (Fsp3) is 0.538. The van der Waals surface area contributed by atoms with Gasteiger partial charge in [0, 0.05) is 18.2 Å². The van der Waals surface area contributed by atoms with Crippen LogP contribution in [-0.4, -0.2) is 32.0 Å². The molecule has 0 saturated carbocycles. The molecular formula is C13H19N3O4S. The van der Waals surface area contributed by atoms with Crippen molar-refractivity contribution < 1.29 is 13.3 Å². The van der Waals surface area contributed by atoms with Crippen molar-refractivity contribution >= 4 is 15.7 Å². The first kappa shape index (κ1) is 15.9. The summed E-state index contributed by atoms with van der Waals surface area (Å²) in [4.78, 5) is 10.2. The molecule has 1 aromatic rings. The minimum atomic E-state index is -3.93. The largest absolute Gasteiger partial charge is 0.313 e. The first-order chi connectivity index (χ1) is 9.83. The van der Waals surface area contributed by atoms with Crippen molar-refractivity contribution in [3.05, 3.63) is 33.9 Å². The van der Waals surface area contributed by atoms with Gasteiger partial charge in [0.1, 0.15) is 0 Å². The van der Waals surface area contributed by atoms with Crippen molar-refractivity contribution in [3.8, 4) is 0 Å². The van der Waals surface area contributed by atoms with E-state index in [-0.39, 0.29) is 22.7 Å². The highest BCUT2D eigenvalue weighted by Crippen LogP contribution is 2.27. The van der Waals surface area contributed by atoms with Crippen LogP contribution in [0, 0.1) is 17.0 Å². The van der Waals surface area contributed by atoms with Crippen LogP contribution in [0.5, 0.6) is 0 Å². The number of rotatable bonds is 4. The van der Waals surface area contributed by atoms with E-state index in [1.165, 1.54) is 12.1 Å². The average Bonchev–Trinajstić information content (AvgIpc) is 2.40. The minimum Gasteiger partial charge on any atom is -0.313 e. The van der Waals surface area contributed by atoms with Crippen molar-refractivity contribution in [2.75, 3.05) is 6.54 Å². The monoisotopic (exact) mass is 313 g/mol. The fourth-order valence-electron chi connectivity index (χ4n) is 2.59. The molecule has 2 rings (SSSR count). The summed E-state index contributed by atoms with van der Waals surface area (Å²) < 4.78 is 27.7. The van der Waals surface area contributed by atoms with Crippen LogP contribution >= 0.6 is 0 Å². The number of nitro benzene ring substituents is 1. The van der Waals surface area contributed by atoms with E-state index >= 15 is 0 Å². The zero-order valence-corrected chi connectivity index (χ0v) is 12.8. The molecule has 2 atom stereocenters. The molecule has 1 aliphatic heterocycles. The normalized spacial score (nSPS) is 23.0. The molecule has 1 saturated heterocycles. The van der Waals surface area contributed by atoms with Crippen LogP contribution < -0.4 is 10.0 Å². The average molecular weight is 313 g/mol. The third-order valence-electron chi connectivity index (χ3n) is 3.72. The van der Waals surface area contributed by atoms with Gasteiger partial charge in [-0.15, -0.1) is 0 Å². The van der Waals surface area contributed by atoms with Crippen molar-refractivity contribution in [1.82, 2.24) is 10.0 Å². The summed E-state index contributed by atoms with van der Waals surface area (Å²) in [5, 5.41) is 14.3. The molecule has 116 valence electrons. The molecule has 0 radical (unpaired) electrons. The van der Waals surface area contributed by atoms with Gasteiger partial charge in [0.25, 0.3) is 5.69 Å². The van der Waals surface area contributed by atoms with Gasteiger partial charge < -0.3 is 5.32 Å². The Kier molecular flexibility index (Phi) is 4.60. The van der Waals surface area contributed by atoms with Gasteiger partial charge in [-0.3, -0.25) is 10.1 Å². The van der Waals surface area contributed by atoms with E-state index < -0.39 is 14.9 Å². The standard InChI is InChI=1S/C13H19N3O4S/c1-9-5-3-7-12(16(17)18)13(9)21(19,20)15-11-6-4-8-14-10(11)2/h3,5,7,10-11,14-15H,4,6,8H2,1-2H3. The smallest absolute Gasteiger partial charge is 0.289 e. The molecule has 7 nitrogen and oxygen atoms in total. The quantitative estimate of drug-likeness (QED) is 0.645. The second-order valence-corrected chi connectivity index (χ2v) is 6.94. The zero-order chi connectivity index (χ0) is 15.6. The van der Waals surface area contributed by atoms with Crippen molar-refractivity contribution in [1.29, 1.82) is 0 Å². The molecule has 0 aliphatic carbocycles. The maximum atomic E-state index is 12.5. The Morgan fingerprint density at radius 1 is 1.43 bits per heavy atom. The maximum absolute atomic E-state index is 12.5. The van der Waals surface area contributed by atoms with Crippen LogP contribution in [-0.2, 0) is 10.0 Å². The van der Waals surface area contributed by atoms with E-state index in [9.17, 15) is 18.5 Å². The van der Waals surface area contributed by atoms with Crippen LogP contribution in [0.1, 0.15) is 25.3 Å². The van der Waals surface area contributed by atoms with Gasteiger partial charge in [-0.25, -0.2) is 13.1 Å². The van der Waals surface area contributed by atoms with Gasteiger partial charge >= 0.3 is 0 Å². The van der Waals surface area contributed by atoms with E-state index in [0.29, 0.717) is 12.0 Å². The first-order valence-electron chi connectivity index (χ1n) is 6.82. The second kappa shape index (κ2) is 6.08. The molecule has 21 heavy (non-hydrogen) atoms. The summed E-state index contributed by atoms with van der Waals surface area (Å²) >= 11 is 0. The molecule has 0 bridgehead atoms. The lowest BCUT2D eigenvalue weighted by Gasteiger charge is -2.30. The Hall–Kier alpha value is -1.51. The van der Waals surface area contributed by atoms with E-state index in [1.807, 2.05) is 6.92 Å². The highest BCUT2D eigenvalue weighted by atomic mass is 32.2. The van der Waals surface area contributed by atoms with Gasteiger partial charge in [-0.05, 0) is 38.8 Å². The first-order valence-corrected chi connectivity index (χ1v) is 8.31. The molecule has 8 heteroatoms. The number of nitro groups is 1. The molecule has 1 aromatic carbocycles. The number of nitrogens with one attached hydrogen (secondary N) is 2. The Morgan fingerprint density at radius 2 is 2.14 bits per heavy atom. The molecule has 0 amide bonds. The molecule has 1 fully saturated rings. The topological polar surface area (TPSA) is 101 Å². The zero-order valence-electron chi connectivity index (χ0n) is 12.0. The number of piperidine rings is 1. The number of hydrogen-bond donors (Lipinski definition) is 2. The highest BCUT2D eigenvalue weighted by molar-refractivity contribution is 7.89. The number of hydrogen-bond acceptors (Lipinski definition) is 5. The van der Waals surface area contributed by atoms with Crippen LogP contribution in [0.4, 0.5) is 5.69 Å². The Bertz CT molecular complexity index is 645. The Labute approximate surface area is 123 Å². The predicted octanol–water partition coefficient (Wildman–Crippen LogP) is 1.32. The van der Waals surface area contributed by atoms with Crippen LogP contribution in [0.3, 0.4) is 0 Å². The molecule has 1 heterocycles. The number of aryl methyl sites for hydroxylation is 1. The van der Waals surface area contributed by atoms with E-state index in [0.717, 1.165) is 13.0 Å². The number of nitrogens with zero attached hydrogens (tertiary/aromatic N) is 1. The maximum Gasteiger partial charge on any atom is 0.289 e. The van der Waals surface area contributed by atoms with Gasteiger partial charge in [0.2, 0.25) is 10.0 Å². The van der Waals surface area contributed by atoms with Crippen LogP contribution in [0.2, 0.25) is 0 Å². The second-order valence-electron chi connectivity index (χ2n) is 5.29. The number of sulfonamides is 1. The van der Waals surface area contributed by atoms with Crippen LogP contribution in [0.25, 0.3) is 0 Å².